The number of carbonyl (C=O) groups is 2. The summed E-state index contributed by atoms with van der Waals surface area (Å²) in [5.74, 6) is 0.966. The maximum absolute atomic E-state index is 11.5. The lowest BCUT2D eigenvalue weighted by atomic mass is 9.88. The Morgan fingerprint density at radius 1 is 1.28 bits per heavy atom. The zero-order valence-electron chi connectivity index (χ0n) is 11.3. The number of carbonyl (C=O) groups excluding carboxylic acids is 2. The lowest BCUT2D eigenvalue weighted by Gasteiger charge is -2.19. The summed E-state index contributed by atoms with van der Waals surface area (Å²) in [7, 11) is 0. The molecule has 18 heavy (non-hydrogen) atoms. The largest absolute Gasteiger partial charge is 0.448 e. The fourth-order valence-corrected chi connectivity index (χ4v) is 1.77. The first-order valence-corrected chi connectivity index (χ1v) is 6.36. The number of rotatable bonds is 9. The van der Waals surface area contributed by atoms with E-state index >= 15 is 0 Å². The minimum absolute atomic E-state index is 0.0364. The summed E-state index contributed by atoms with van der Waals surface area (Å²) in [5.41, 5.74) is 10.3. The highest BCUT2D eigenvalue weighted by Crippen LogP contribution is 2.20. The van der Waals surface area contributed by atoms with Gasteiger partial charge in [-0.1, -0.05) is 13.8 Å². The average Bonchev–Trinajstić information content (AvgIpc) is 2.29. The average molecular weight is 259 g/mol. The molecule has 0 aliphatic rings. The third kappa shape index (κ3) is 8.81. The molecule has 0 aliphatic heterocycles. The van der Waals surface area contributed by atoms with Crippen molar-refractivity contribution in [1.82, 2.24) is 5.32 Å². The lowest BCUT2D eigenvalue weighted by Crippen LogP contribution is -2.29. The molecular formula is C12H25N3O3. The van der Waals surface area contributed by atoms with Crippen molar-refractivity contribution in [3.8, 4) is 0 Å². The van der Waals surface area contributed by atoms with E-state index < -0.39 is 6.09 Å². The van der Waals surface area contributed by atoms with Gasteiger partial charge < -0.3 is 21.5 Å². The van der Waals surface area contributed by atoms with Crippen molar-refractivity contribution >= 4 is 12.0 Å². The predicted molar refractivity (Wildman–Crippen MR) is 69.8 cm³/mol. The van der Waals surface area contributed by atoms with E-state index in [9.17, 15) is 9.59 Å². The van der Waals surface area contributed by atoms with Gasteiger partial charge in [0.25, 0.3) is 0 Å². The van der Waals surface area contributed by atoms with Crippen LogP contribution in [0.3, 0.4) is 0 Å². The molecule has 1 unspecified atom stereocenters. The summed E-state index contributed by atoms with van der Waals surface area (Å²) in [5, 5.41) is 2.67. The minimum Gasteiger partial charge on any atom is -0.448 e. The smallest absolute Gasteiger partial charge is 0.404 e. The van der Waals surface area contributed by atoms with E-state index in [0.29, 0.717) is 31.3 Å². The molecule has 0 saturated carbocycles. The van der Waals surface area contributed by atoms with Crippen LogP contribution in [-0.2, 0) is 9.53 Å². The van der Waals surface area contributed by atoms with Crippen LogP contribution < -0.4 is 16.8 Å². The van der Waals surface area contributed by atoms with Gasteiger partial charge in [0.1, 0.15) is 6.61 Å². The monoisotopic (exact) mass is 259 g/mol. The fourth-order valence-electron chi connectivity index (χ4n) is 1.77. The SMILES string of the molecule is CC(C)C(CCN)CCC(=O)NCCOC(N)=O. The zero-order chi connectivity index (χ0) is 14.0. The lowest BCUT2D eigenvalue weighted by molar-refractivity contribution is -0.121. The Labute approximate surface area is 108 Å². The summed E-state index contributed by atoms with van der Waals surface area (Å²) in [6.45, 7) is 5.33. The Hall–Kier alpha value is -1.30. The van der Waals surface area contributed by atoms with Crippen LogP contribution >= 0.6 is 0 Å². The Morgan fingerprint density at radius 3 is 2.44 bits per heavy atom. The Morgan fingerprint density at radius 2 is 1.94 bits per heavy atom. The van der Waals surface area contributed by atoms with Crippen molar-refractivity contribution in [3.05, 3.63) is 0 Å². The normalized spacial score (nSPS) is 12.2. The predicted octanol–water partition coefficient (Wildman–Crippen LogP) is 0.599. The van der Waals surface area contributed by atoms with Gasteiger partial charge in [0.15, 0.2) is 0 Å². The van der Waals surface area contributed by atoms with Gasteiger partial charge in [0, 0.05) is 6.42 Å². The maximum atomic E-state index is 11.5. The molecule has 0 fully saturated rings. The fraction of sp³-hybridized carbons (Fsp3) is 0.833. The Kier molecular flexibility index (Phi) is 9.00. The number of hydrogen-bond donors (Lipinski definition) is 3. The maximum Gasteiger partial charge on any atom is 0.404 e. The number of ether oxygens (including phenoxy) is 1. The van der Waals surface area contributed by atoms with Crippen LogP contribution in [0.4, 0.5) is 4.79 Å². The van der Waals surface area contributed by atoms with Crippen molar-refractivity contribution in [2.24, 2.45) is 23.3 Å². The van der Waals surface area contributed by atoms with E-state index in [4.69, 9.17) is 11.5 Å². The molecule has 0 aromatic carbocycles. The molecule has 0 aromatic heterocycles. The Balaban J connectivity index is 3.70. The second-order valence-corrected chi connectivity index (χ2v) is 4.64. The molecular weight excluding hydrogens is 234 g/mol. The van der Waals surface area contributed by atoms with E-state index in [1.54, 1.807) is 0 Å². The quantitative estimate of drug-likeness (QED) is 0.527. The van der Waals surface area contributed by atoms with Crippen LogP contribution in [0, 0.1) is 11.8 Å². The van der Waals surface area contributed by atoms with Gasteiger partial charge >= 0.3 is 6.09 Å². The number of nitrogens with two attached hydrogens (primary N) is 2. The van der Waals surface area contributed by atoms with Gasteiger partial charge in [-0.3, -0.25) is 4.79 Å². The molecule has 2 amide bonds. The molecule has 0 bridgehead atoms. The molecule has 0 radical (unpaired) electrons. The second kappa shape index (κ2) is 9.70. The van der Waals surface area contributed by atoms with E-state index in [2.05, 4.69) is 23.9 Å². The van der Waals surface area contributed by atoms with Crippen molar-refractivity contribution in [2.45, 2.75) is 33.1 Å². The molecule has 0 saturated heterocycles. The van der Waals surface area contributed by atoms with Crippen LogP contribution in [0.5, 0.6) is 0 Å². The van der Waals surface area contributed by atoms with E-state index in [-0.39, 0.29) is 12.5 Å². The highest BCUT2D eigenvalue weighted by Gasteiger charge is 2.14. The van der Waals surface area contributed by atoms with Crippen LogP contribution in [0.2, 0.25) is 0 Å². The summed E-state index contributed by atoms with van der Waals surface area (Å²) < 4.78 is 4.50. The van der Waals surface area contributed by atoms with Crippen molar-refractivity contribution < 1.29 is 14.3 Å². The molecule has 6 heteroatoms. The third-order valence-corrected chi connectivity index (χ3v) is 2.89. The molecule has 0 rings (SSSR count). The summed E-state index contributed by atoms with van der Waals surface area (Å²) in [4.78, 5) is 21.8. The van der Waals surface area contributed by atoms with Gasteiger partial charge in [0.05, 0.1) is 6.54 Å². The first-order chi connectivity index (χ1) is 8.47. The van der Waals surface area contributed by atoms with Gasteiger partial charge in [-0.2, -0.15) is 0 Å². The van der Waals surface area contributed by atoms with Crippen LogP contribution in [0.1, 0.15) is 33.1 Å². The zero-order valence-corrected chi connectivity index (χ0v) is 11.3. The van der Waals surface area contributed by atoms with Crippen molar-refractivity contribution in [1.29, 1.82) is 0 Å². The first-order valence-electron chi connectivity index (χ1n) is 6.36. The molecule has 5 N–H and O–H groups in total. The number of nitrogens with one attached hydrogen (secondary N) is 1. The molecule has 0 aliphatic carbocycles. The summed E-state index contributed by atoms with van der Waals surface area (Å²) >= 11 is 0. The summed E-state index contributed by atoms with van der Waals surface area (Å²) in [6, 6.07) is 0. The van der Waals surface area contributed by atoms with Gasteiger partial charge in [-0.05, 0) is 31.2 Å². The van der Waals surface area contributed by atoms with E-state index in [1.165, 1.54) is 0 Å². The number of hydrogen-bond acceptors (Lipinski definition) is 4. The standard InChI is InChI=1S/C12H25N3O3/c1-9(2)10(5-6-13)3-4-11(16)15-7-8-18-12(14)17/h9-10H,3-8,13H2,1-2H3,(H2,14,17)(H,15,16). The van der Waals surface area contributed by atoms with Crippen LogP contribution in [0.15, 0.2) is 0 Å². The van der Waals surface area contributed by atoms with E-state index in [0.717, 1.165) is 12.8 Å². The second-order valence-electron chi connectivity index (χ2n) is 4.64. The van der Waals surface area contributed by atoms with Crippen LogP contribution in [0.25, 0.3) is 0 Å². The van der Waals surface area contributed by atoms with Crippen molar-refractivity contribution in [3.63, 3.8) is 0 Å². The highest BCUT2D eigenvalue weighted by molar-refractivity contribution is 5.75. The number of amides is 2. The minimum atomic E-state index is -0.827. The van der Waals surface area contributed by atoms with Gasteiger partial charge in [-0.15, -0.1) is 0 Å². The molecule has 106 valence electrons. The third-order valence-electron chi connectivity index (χ3n) is 2.89. The van der Waals surface area contributed by atoms with Crippen molar-refractivity contribution in [2.75, 3.05) is 19.7 Å². The van der Waals surface area contributed by atoms with E-state index in [1.807, 2.05) is 0 Å². The number of primary amides is 1. The molecule has 6 nitrogen and oxygen atoms in total. The summed E-state index contributed by atoms with van der Waals surface area (Å²) in [6.07, 6.45) is 1.42. The molecule has 0 heterocycles. The van der Waals surface area contributed by atoms with Gasteiger partial charge in [0.2, 0.25) is 5.91 Å². The molecule has 1 atom stereocenters. The van der Waals surface area contributed by atoms with Gasteiger partial charge in [-0.25, -0.2) is 4.79 Å². The van der Waals surface area contributed by atoms with Crippen LogP contribution in [-0.4, -0.2) is 31.7 Å². The molecule has 0 spiro atoms. The Bertz CT molecular complexity index is 257. The topological polar surface area (TPSA) is 107 Å². The first kappa shape index (κ1) is 16.7. The highest BCUT2D eigenvalue weighted by atomic mass is 16.5. The molecule has 0 aromatic rings.